The van der Waals surface area contributed by atoms with E-state index in [1.807, 2.05) is 13.0 Å². The number of nitrogens with one attached hydrogen (secondary N) is 1. The standard InChI is InChI=1S/C26H21N3O8/c1-16-4-3-5-20(10-16)36-22-13-18(12-19(14-22)28(31)32)27-26(30)25-9-7-21(37-25)15-35-24-8-6-17(2)11-23(24)29(33)34/h3-14H,15H2,1-2H3,(H,27,30). The Morgan fingerprint density at radius 2 is 1.68 bits per heavy atom. The Morgan fingerprint density at radius 3 is 2.41 bits per heavy atom. The fourth-order valence-electron chi connectivity index (χ4n) is 3.45. The third kappa shape index (κ3) is 6.28. The summed E-state index contributed by atoms with van der Waals surface area (Å²) in [4.78, 5) is 34.3. The Morgan fingerprint density at radius 1 is 0.892 bits per heavy atom. The van der Waals surface area contributed by atoms with E-state index in [4.69, 9.17) is 13.9 Å². The lowest BCUT2D eigenvalue weighted by Gasteiger charge is -2.09. The van der Waals surface area contributed by atoms with Gasteiger partial charge >= 0.3 is 5.69 Å². The van der Waals surface area contributed by atoms with Crippen molar-refractivity contribution in [3.63, 3.8) is 0 Å². The summed E-state index contributed by atoms with van der Waals surface area (Å²) in [5, 5.41) is 25.2. The molecule has 0 atom stereocenters. The van der Waals surface area contributed by atoms with E-state index in [0.29, 0.717) is 11.3 Å². The van der Waals surface area contributed by atoms with Gasteiger partial charge < -0.3 is 19.2 Å². The number of rotatable bonds is 9. The average Bonchev–Trinajstić information content (AvgIpc) is 3.32. The van der Waals surface area contributed by atoms with Gasteiger partial charge in [-0.25, -0.2) is 0 Å². The van der Waals surface area contributed by atoms with Crippen molar-refractivity contribution in [1.29, 1.82) is 0 Å². The number of hydrogen-bond donors (Lipinski definition) is 1. The zero-order chi connectivity index (χ0) is 26.5. The monoisotopic (exact) mass is 503 g/mol. The zero-order valence-electron chi connectivity index (χ0n) is 19.8. The molecular formula is C26H21N3O8. The number of nitro groups is 2. The van der Waals surface area contributed by atoms with Crippen molar-refractivity contribution >= 4 is 23.0 Å². The van der Waals surface area contributed by atoms with Gasteiger partial charge in [-0.2, -0.15) is 0 Å². The molecule has 4 aromatic rings. The minimum Gasteiger partial charge on any atom is -0.479 e. The highest BCUT2D eigenvalue weighted by Gasteiger charge is 2.18. The van der Waals surface area contributed by atoms with Crippen LogP contribution in [0.4, 0.5) is 17.1 Å². The molecule has 1 N–H and O–H groups in total. The first-order valence-corrected chi connectivity index (χ1v) is 11.0. The quantitative estimate of drug-likeness (QED) is 0.206. The molecule has 0 spiro atoms. The summed E-state index contributed by atoms with van der Waals surface area (Å²) in [6, 6.07) is 18.5. The molecule has 37 heavy (non-hydrogen) atoms. The molecule has 3 aromatic carbocycles. The van der Waals surface area contributed by atoms with E-state index in [1.165, 1.54) is 42.5 Å². The molecule has 11 nitrogen and oxygen atoms in total. The highest BCUT2D eigenvalue weighted by molar-refractivity contribution is 6.02. The predicted molar refractivity (Wildman–Crippen MR) is 133 cm³/mol. The van der Waals surface area contributed by atoms with E-state index in [0.717, 1.165) is 5.56 Å². The maximum Gasteiger partial charge on any atom is 0.311 e. The largest absolute Gasteiger partial charge is 0.479 e. The number of carbonyl (C=O) groups is 1. The highest BCUT2D eigenvalue weighted by atomic mass is 16.6. The molecule has 0 unspecified atom stereocenters. The number of aryl methyl sites for hydroxylation is 2. The van der Waals surface area contributed by atoms with E-state index in [9.17, 15) is 25.0 Å². The van der Waals surface area contributed by atoms with Crippen LogP contribution in [0.3, 0.4) is 0 Å². The third-order valence-corrected chi connectivity index (χ3v) is 5.15. The number of benzene rings is 3. The van der Waals surface area contributed by atoms with E-state index in [1.54, 1.807) is 31.2 Å². The Kier molecular flexibility index (Phi) is 7.14. The molecule has 1 aromatic heterocycles. The summed E-state index contributed by atoms with van der Waals surface area (Å²) in [7, 11) is 0. The lowest BCUT2D eigenvalue weighted by atomic mass is 10.2. The molecule has 0 fully saturated rings. The van der Waals surface area contributed by atoms with Crippen molar-refractivity contribution in [3.05, 3.63) is 116 Å². The van der Waals surface area contributed by atoms with Crippen LogP contribution >= 0.6 is 0 Å². The number of hydrogen-bond acceptors (Lipinski definition) is 8. The molecule has 4 rings (SSSR count). The molecule has 0 saturated carbocycles. The van der Waals surface area contributed by atoms with Gasteiger partial charge in [-0.05, 0) is 55.3 Å². The summed E-state index contributed by atoms with van der Waals surface area (Å²) in [6.07, 6.45) is 0. The van der Waals surface area contributed by atoms with Gasteiger partial charge in [0.2, 0.25) is 0 Å². The van der Waals surface area contributed by atoms with Crippen LogP contribution in [0.25, 0.3) is 0 Å². The molecule has 1 heterocycles. The topological polar surface area (TPSA) is 147 Å². The van der Waals surface area contributed by atoms with Crippen molar-refractivity contribution < 1.29 is 28.5 Å². The smallest absolute Gasteiger partial charge is 0.311 e. The number of nitrogens with zero attached hydrogens (tertiary/aromatic N) is 2. The van der Waals surface area contributed by atoms with Crippen LogP contribution in [0.5, 0.6) is 17.2 Å². The molecule has 0 radical (unpaired) electrons. The van der Waals surface area contributed by atoms with E-state index >= 15 is 0 Å². The predicted octanol–water partition coefficient (Wildman–Crippen LogP) is 6.34. The Hall–Kier alpha value is -5.19. The number of anilines is 1. The van der Waals surface area contributed by atoms with Gasteiger partial charge in [0, 0.05) is 18.2 Å². The van der Waals surface area contributed by atoms with Crippen molar-refractivity contribution in [2.24, 2.45) is 0 Å². The van der Waals surface area contributed by atoms with Gasteiger partial charge in [-0.1, -0.05) is 18.2 Å². The van der Waals surface area contributed by atoms with Gasteiger partial charge in [0.15, 0.2) is 11.5 Å². The van der Waals surface area contributed by atoms with E-state index in [2.05, 4.69) is 5.32 Å². The van der Waals surface area contributed by atoms with E-state index in [-0.39, 0.29) is 46.7 Å². The van der Waals surface area contributed by atoms with Gasteiger partial charge in [-0.15, -0.1) is 0 Å². The minimum atomic E-state index is -0.658. The normalized spacial score (nSPS) is 10.5. The molecule has 0 bridgehead atoms. The van der Waals surface area contributed by atoms with Gasteiger partial charge in [-0.3, -0.25) is 25.0 Å². The van der Waals surface area contributed by atoms with Crippen molar-refractivity contribution in [1.82, 2.24) is 0 Å². The molecular weight excluding hydrogens is 482 g/mol. The first-order chi connectivity index (χ1) is 17.7. The first kappa shape index (κ1) is 24.9. The lowest BCUT2D eigenvalue weighted by molar-refractivity contribution is -0.386. The fraction of sp³-hybridized carbons (Fsp3) is 0.115. The molecule has 0 aliphatic carbocycles. The van der Waals surface area contributed by atoms with Crippen LogP contribution in [-0.2, 0) is 6.61 Å². The Balaban J connectivity index is 1.47. The number of nitro benzene ring substituents is 2. The van der Waals surface area contributed by atoms with Crippen LogP contribution < -0.4 is 14.8 Å². The maximum absolute atomic E-state index is 12.7. The summed E-state index contributed by atoms with van der Waals surface area (Å²) in [5.41, 5.74) is 1.34. The zero-order valence-corrected chi connectivity index (χ0v) is 19.8. The number of non-ortho nitro benzene ring substituents is 1. The number of furan rings is 1. The van der Waals surface area contributed by atoms with Gasteiger partial charge in [0.1, 0.15) is 23.9 Å². The SMILES string of the molecule is Cc1cccc(Oc2cc(NC(=O)c3ccc(COc4ccc(C)cc4[N+](=O)[O-])o3)cc([N+](=O)[O-])c2)c1. The van der Waals surface area contributed by atoms with Crippen LogP contribution in [0.2, 0.25) is 0 Å². The summed E-state index contributed by atoms with van der Waals surface area (Å²) < 4.78 is 16.8. The van der Waals surface area contributed by atoms with Crippen molar-refractivity contribution in [2.75, 3.05) is 5.32 Å². The Labute approximate surface area is 210 Å². The molecule has 0 aliphatic heterocycles. The second-order valence-electron chi connectivity index (χ2n) is 8.13. The summed E-state index contributed by atoms with van der Waals surface area (Å²) in [5.74, 6) is 0.239. The van der Waals surface area contributed by atoms with E-state index < -0.39 is 15.8 Å². The van der Waals surface area contributed by atoms with Crippen LogP contribution in [0.15, 0.2) is 77.2 Å². The molecule has 0 aliphatic rings. The van der Waals surface area contributed by atoms with Gasteiger partial charge in [0.25, 0.3) is 11.6 Å². The lowest BCUT2D eigenvalue weighted by Crippen LogP contribution is -2.11. The maximum atomic E-state index is 12.7. The van der Waals surface area contributed by atoms with Crippen molar-refractivity contribution in [2.45, 2.75) is 20.5 Å². The first-order valence-electron chi connectivity index (χ1n) is 11.0. The van der Waals surface area contributed by atoms with Crippen molar-refractivity contribution in [3.8, 4) is 17.2 Å². The number of ether oxygens (including phenoxy) is 2. The summed E-state index contributed by atoms with van der Waals surface area (Å²) in [6.45, 7) is 3.46. The molecule has 11 heteroatoms. The van der Waals surface area contributed by atoms with Crippen LogP contribution in [0, 0.1) is 34.1 Å². The third-order valence-electron chi connectivity index (χ3n) is 5.15. The second kappa shape index (κ2) is 10.6. The highest BCUT2D eigenvalue weighted by Crippen LogP contribution is 2.31. The molecule has 1 amide bonds. The van der Waals surface area contributed by atoms with Crippen LogP contribution in [-0.4, -0.2) is 15.8 Å². The Bertz CT molecular complexity index is 1490. The minimum absolute atomic E-state index is 0.0655. The second-order valence-corrected chi connectivity index (χ2v) is 8.13. The van der Waals surface area contributed by atoms with Crippen LogP contribution in [0.1, 0.15) is 27.4 Å². The molecule has 0 saturated heterocycles. The fourth-order valence-corrected chi connectivity index (χ4v) is 3.45. The average molecular weight is 503 g/mol. The number of carbonyl (C=O) groups excluding carboxylic acids is 1. The van der Waals surface area contributed by atoms with Gasteiger partial charge in [0.05, 0.1) is 21.6 Å². The number of amides is 1. The molecule has 188 valence electrons. The summed E-state index contributed by atoms with van der Waals surface area (Å²) >= 11 is 0.